The highest BCUT2D eigenvalue weighted by Crippen LogP contribution is 2.22. The van der Waals surface area contributed by atoms with Gasteiger partial charge in [-0.3, -0.25) is 9.69 Å². The molecule has 1 aromatic heterocycles. The normalized spacial score (nSPS) is 12.1. The van der Waals surface area contributed by atoms with Crippen LogP contribution < -0.4 is 5.32 Å². The Kier molecular flexibility index (Phi) is 7.80. The number of nitrogens with one attached hydrogen (secondary N) is 1. The summed E-state index contributed by atoms with van der Waals surface area (Å²) >= 11 is 0. The zero-order chi connectivity index (χ0) is 21.3. The van der Waals surface area contributed by atoms with Gasteiger partial charge in [0, 0.05) is 24.9 Å². The van der Waals surface area contributed by atoms with Crippen molar-refractivity contribution in [1.82, 2.24) is 15.2 Å². The number of aromatic nitrogens is 1. The maximum absolute atomic E-state index is 12.5. The van der Waals surface area contributed by atoms with Crippen molar-refractivity contribution in [2.45, 2.75) is 39.7 Å². The fraction of sp³-hybridized carbons (Fsp3) is 0.360. The lowest BCUT2D eigenvalue weighted by Gasteiger charge is -2.30. The van der Waals surface area contributed by atoms with Gasteiger partial charge in [0.05, 0.1) is 12.2 Å². The summed E-state index contributed by atoms with van der Waals surface area (Å²) in [7, 11) is 0. The summed E-state index contributed by atoms with van der Waals surface area (Å²) in [5, 5.41) is 3.10. The molecule has 0 aliphatic rings. The van der Waals surface area contributed by atoms with Crippen molar-refractivity contribution in [2.75, 3.05) is 19.6 Å². The lowest BCUT2D eigenvalue weighted by Crippen LogP contribution is -2.38. The van der Waals surface area contributed by atoms with Gasteiger partial charge in [0.15, 0.2) is 11.7 Å². The summed E-state index contributed by atoms with van der Waals surface area (Å²) in [6, 6.07) is 18.6. The molecule has 2 aromatic carbocycles. The summed E-state index contributed by atoms with van der Waals surface area (Å²) in [5.74, 6) is 1.33. The van der Waals surface area contributed by atoms with Gasteiger partial charge in [-0.15, -0.1) is 0 Å². The van der Waals surface area contributed by atoms with Crippen molar-refractivity contribution < 1.29 is 9.21 Å². The van der Waals surface area contributed by atoms with Crippen molar-refractivity contribution in [3.63, 3.8) is 0 Å². The van der Waals surface area contributed by atoms with E-state index >= 15 is 0 Å². The molecule has 158 valence electrons. The number of amides is 1. The van der Waals surface area contributed by atoms with Crippen molar-refractivity contribution in [1.29, 1.82) is 0 Å². The molecule has 0 aliphatic carbocycles. The Balaban J connectivity index is 1.54. The van der Waals surface area contributed by atoms with E-state index in [0.29, 0.717) is 25.3 Å². The van der Waals surface area contributed by atoms with Gasteiger partial charge in [0.1, 0.15) is 0 Å². The molecule has 1 amide bonds. The molecule has 0 spiro atoms. The van der Waals surface area contributed by atoms with E-state index in [-0.39, 0.29) is 11.9 Å². The minimum atomic E-state index is 0.0122. The first-order valence-electron chi connectivity index (χ1n) is 10.7. The van der Waals surface area contributed by atoms with E-state index in [1.165, 1.54) is 11.1 Å². The summed E-state index contributed by atoms with van der Waals surface area (Å²) < 4.78 is 5.83. The quantitative estimate of drug-likeness (QED) is 0.527. The molecule has 5 nitrogen and oxygen atoms in total. The van der Waals surface area contributed by atoms with Crippen LogP contribution in [0.5, 0.6) is 0 Å². The van der Waals surface area contributed by atoms with Gasteiger partial charge in [-0.25, -0.2) is 4.98 Å². The molecule has 1 atom stereocenters. The highest BCUT2D eigenvalue weighted by atomic mass is 16.4. The number of carbonyl (C=O) groups is 1. The summed E-state index contributed by atoms with van der Waals surface area (Å²) in [6.45, 7) is 8.81. The Morgan fingerprint density at radius 3 is 2.43 bits per heavy atom. The van der Waals surface area contributed by atoms with Gasteiger partial charge in [-0.2, -0.15) is 0 Å². The monoisotopic (exact) mass is 405 g/mol. The molecule has 5 heteroatoms. The minimum Gasteiger partial charge on any atom is -0.441 e. The Morgan fingerprint density at radius 2 is 1.77 bits per heavy atom. The van der Waals surface area contributed by atoms with Crippen LogP contribution in [0.25, 0.3) is 11.3 Å². The highest BCUT2D eigenvalue weighted by Gasteiger charge is 2.18. The molecule has 0 saturated carbocycles. The van der Waals surface area contributed by atoms with Crippen LogP contribution in [0, 0.1) is 6.92 Å². The van der Waals surface area contributed by atoms with Crippen LogP contribution in [0.4, 0.5) is 0 Å². The lowest BCUT2D eigenvalue weighted by molar-refractivity contribution is -0.121. The largest absolute Gasteiger partial charge is 0.441 e. The van der Waals surface area contributed by atoms with Crippen LogP contribution in [0.2, 0.25) is 0 Å². The van der Waals surface area contributed by atoms with Crippen LogP contribution in [-0.2, 0) is 11.2 Å². The van der Waals surface area contributed by atoms with Gasteiger partial charge in [0.25, 0.3) is 0 Å². The topological polar surface area (TPSA) is 58.4 Å². The van der Waals surface area contributed by atoms with E-state index in [0.717, 1.165) is 24.4 Å². The van der Waals surface area contributed by atoms with Crippen LogP contribution >= 0.6 is 0 Å². The van der Waals surface area contributed by atoms with E-state index < -0.39 is 0 Å². The van der Waals surface area contributed by atoms with Gasteiger partial charge in [0.2, 0.25) is 5.91 Å². The highest BCUT2D eigenvalue weighted by molar-refractivity contribution is 5.76. The number of nitrogens with zero attached hydrogens (tertiary/aromatic N) is 2. The first-order valence-corrected chi connectivity index (χ1v) is 10.7. The van der Waals surface area contributed by atoms with Crippen molar-refractivity contribution >= 4 is 5.91 Å². The van der Waals surface area contributed by atoms with Crippen LogP contribution in [0.15, 0.2) is 65.2 Å². The molecule has 1 heterocycles. The van der Waals surface area contributed by atoms with Gasteiger partial charge < -0.3 is 9.73 Å². The number of benzene rings is 2. The SMILES string of the molecule is CCN(CC)C(CNC(=O)CCc1ncc(-c2ccc(C)cc2)o1)c1ccccc1. The zero-order valence-electron chi connectivity index (χ0n) is 18.1. The second kappa shape index (κ2) is 10.7. The maximum Gasteiger partial charge on any atom is 0.220 e. The number of aryl methyl sites for hydroxylation is 2. The zero-order valence-corrected chi connectivity index (χ0v) is 18.1. The molecular formula is C25H31N3O2. The van der Waals surface area contributed by atoms with E-state index in [1.54, 1.807) is 6.20 Å². The fourth-order valence-electron chi connectivity index (χ4n) is 3.59. The number of oxazole rings is 1. The molecule has 30 heavy (non-hydrogen) atoms. The van der Waals surface area contributed by atoms with Crippen LogP contribution in [0.1, 0.15) is 43.3 Å². The van der Waals surface area contributed by atoms with Crippen molar-refractivity contribution in [3.05, 3.63) is 77.8 Å². The molecule has 1 unspecified atom stereocenters. The Bertz CT molecular complexity index is 915. The minimum absolute atomic E-state index is 0.0122. The summed E-state index contributed by atoms with van der Waals surface area (Å²) in [5.41, 5.74) is 3.42. The average molecular weight is 406 g/mol. The molecule has 3 aromatic rings. The third-order valence-electron chi connectivity index (χ3n) is 5.39. The first-order chi connectivity index (χ1) is 14.6. The predicted octanol–water partition coefficient (Wildman–Crippen LogP) is 4.78. The predicted molar refractivity (Wildman–Crippen MR) is 120 cm³/mol. The van der Waals surface area contributed by atoms with E-state index in [2.05, 4.69) is 48.1 Å². The lowest BCUT2D eigenvalue weighted by atomic mass is 10.0. The molecule has 0 fully saturated rings. The van der Waals surface area contributed by atoms with Gasteiger partial charge in [-0.05, 0) is 25.6 Å². The van der Waals surface area contributed by atoms with E-state index in [1.807, 2.05) is 42.5 Å². The smallest absolute Gasteiger partial charge is 0.220 e. The van der Waals surface area contributed by atoms with Gasteiger partial charge >= 0.3 is 0 Å². The molecule has 0 saturated heterocycles. The Hall–Kier alpha value is -2.92. The first kappa shape index (κ1) is 21.8. The Morgan fingerprint density at radius 1 is 1.07 bits per heavy atom. The third-order valence-corrected chi connectivity index (χ3v) is 5.39. The number of rotatable bonds is 10. The molecule has 0 aliphatic heterocycles. The van der Waals surface area contributed by atoms with Crippen LogP contribution in [-0.4, -0.2) is 35.4 Å². The van der Waals surface area contributed by atoms with Crippen molar-refractivity contribution in [3.8, 4) is 11.3 Å². The summed E-state index contributed by atoms with van der Waals surface area (Å²) in [6.07, 6.45) is 2.57. The number of likely N-dealkylation sites (N-methyl/N-ethyl adjacent to an activating group) is 1. The average Bonchev–Trinajstić information content (AvgIpc) is 3.25. The second-order valence-corrected chi connectivity index (χ2v) is 7.44. The number of hydrogen-bond acceptors (Lipinski definition) is 4. The number of carbonyl (C=O) groups excluding carboxylic acids is 1. The van der Waals surface area contributed by atoms with E-state index in [4.69, 9.17) is 4.42 Å². The van der Waals surface area contributed by atoms with Crippen LogP contribution in [0.3, 0.4) is 0 Å². The Labute approximate surface area is 179 Å². The van der Waals surface area contributed by atoms with Crippen molar-refractivity contribution in [2.24, 2.45) is 0 Å². The third kappa shape index (κ3) is 5.80. The molecule has 0 bridgehead atoms. The molecular weight excluding hydrogens is 374 g/mol. The van der Waals surface area contributed by atoms with E-state index in [9.17, 15) is 4.79 Å². The molecule has 3 rings (SSSR count). The number of hydrogen-bond donors (Lipinski definition) is 1. The standard InChI is InChI=1S/C25H31N3O2/c1-4-28(5-2)22(20-9-7-6-8-10-20)17-26-24(29)15-16-25-27-18-23(30-25)21-13-11-19(3)12-14-21/h6-14,18,22H,4-5,15-17H2,1-3H3,(H,26,29). The van der Waals surface area contributed by atoms with Gasteiger partial charge in [-0.1, -0.05) is 74.0 Å². The fourth-order valence-corrected chi connectivity index (χ4v) is 3.59. The summed E-state index contributed by atoms with van der Waals surface area (Å²) in [4.78, 5) is 19.2. The second-order valence-electron chi connectivity index (χ2n) is 7.44. The maximum atomic E-state index is 12.5. The molecule has 0 radical (unpaired) electrons. The molecule has 1 N–H and O–H groups in total.